The van der Waals surface area contributed by atoms with E-state index in [2.05, 4.69) is 10.4 Å². The summed E-state index contributed by atoms with van der Waals surface area (Å²) in [6.45, 7) is 1.61. The summed E-state index contributed by atoms with van der Waals surface area (Å²) in [5, 5.41) is 6.50. The Morgan fingerprint density at radius 2 is 1.93 bits per heavy atom. The van der Waals surface area contributed by atoms with Crippen LogP contribution >= 0.6 is 0 Å². The number of nitrogens with one attached hydrogen (secondary N) is 1. The van der Waals surface area contributed by atoms with Crippen LogP contribution in [-0.4, -0.2) is 20.3 Å². The smallest absolute Gasteiger partial charge is 0.348 e. The zero-order valence-corrected chi connectivity index (χ0v) is 15.9. The van der Waals surface area contributed by atoms with Gasteiger partial charge in [-0.2, -0.15) is 18.3 Å². The first-order chi connectivity index (χ1) is 13.8. The third-order valence-electron chi connectivity index (χ3n) is 5.04. The number of aromatic nitrogens is 3. The number of benzene rings is 1. The lowest BCUT2D eigenvalue weighted by Crippen LogP contribution is -2.31. The van der Waals surface area contributed by atoms with Crippen molar-refractivity contribution in [3.63, 3.8) is 0 Å². The number of alkyl halides is 3. The number of nitrogens with zero attached hydrogens (tertiary/aromatic N) is 3. The van der Waals surface area contributed by atoms with Crippen molar-refractivity contribution in [3.8, 4) is 5.69 Å². The molecule has 5 nitrogen and oxygen atoms in total. The third-order valence-corrected chi connectivity index (χ3v) is 5.04. The summed E-state index contributed by atoms with van der Waals surface area (Å²) in [6, 6.07) is 12.4. The van der Waals surface area contributed by atoms with E-state index in [-0.39, 0.29) is 24.4 Å². The Morgan fingerprint density at radius 1 is 1.21 bits per heavy atom. The van der Waals surface area contributed by atoms with Gasteiger partial charge in [-0.3, -0.25) is 9.48 Å². The van der Waals surface area contributed by atoms with Crippen LogP contribution in [0.15, 0.2) is 54.9 Å². The van der Waals surface area contributed by atoms with Gasteiger partial charge in [-0.15, -0.1) is 0 Å². The lowest BCUT2D eigenvalue weighted by molar-refractivity contribution is -0.141. The van der Waals surface area contributed by atoms with Gasteiger partial charge in [-0.1, -0.05) is 12.1 Å². The van der Waals surface area contributed by atoms with Gasteiger partial charge in [0.05, 0.1) is 6.04 Å². The average molecular weight is 402 g/mol. The summed E-state index contributed by atoms with van der Waals surface area (Å²) < 4.78 is 42.2. The van der Waals surface area contributed by atoms with Gasteiger partial charge in [0.15, 0.2) is 5.69 Å². The van der Waals surface area contributed by atoms with E-state index in [4.69, 9.17) is 0 Å². The summed E-state index contributed by atoms with van der Waals surface area (Å²) in [5.74, 6) is -0.315. The van der Waals surface area contributed by atoms with Crippen LogP contribution in [-0.2, 0) is 17.5 Å². The van der Waals surface area contributed by atoms with Crippen molar-refractivity contribution in [2.45, 2.75) is 44.4 Å². The van der Waals surface area contributed by atoms with Crippen molar-refractivity contribution < 1.29 is 18.0 Å². The molecule has 1 aromatic carbocycles. The molecule has 1 unspecified atom stereocenters. The third kappa shape index (κ3) is 4.36. The first kappa shape index (κ1) is 19.3. The molecule has 0 radical (unpaired) electrons. The molecule has 4 rings (SSSR count). The predicted molar refractivity (Wildman–Crippen MR) is 102 cm³/mol. The minimum Gasteiger partial charge on any atom is -0.348 e. The van der Waals surface area contributed by atoms with Gasteiger partial charge < -0.3 is 9.88 Å². The second-order valence-electron chi connectivity index (χ2n) is 7.36. The minimum atomic E-state index is -4.52. The molecule has 3 aromatic rings. The van der Waals surface area contributed by atoms with E-state index in [1.54, 1.807) is 0 Å². The molecule has 1 N–H and O–H groups in total. The standard InChI is InChI=1S/C21H21F3N4O/c1-14(16-5-4-6-17(11-16)27-9-2-3-10-27)25-20(29)13-28-18(15-7-8-15)12-19(26-28)21(22,23)24/h2-6,9-12,14-15H,7-8,13H2,1H3,(H,25,29). The maximum atomic E-state index is 13.0. The molecular formula is C21H21F3N4O. The molecule has 0 bridgehead atoms. The zero-order chi connectivity index (χ0) is 20.6. The SMILES string of the molecule is CC(NC(=O)Cn1nc(C(F)(F)F)cc1C1CC1)c1cccc(-n2cccc2)c1. The van der Waals surface area contributed by atoms with Crippen LogP contribution in [0.25, 0.3) is 5.69 Å². The molecule has 152 valence electrons. The summed E-state index contributed by atoms with van der Waals surface area (Å²) in [4.78, 5) is 12.5. The van der Waals surface area contributed by atoms with Crippen LogP contribution < -0.4 is 5.32 Å². The second kappa shape index (κ2) is 7.42. The molecule has 0 saturated heterocycles. The van der Waals surface area contributed by atoms with Crippen molar-refractivity contribution in [1.29, 1.82) is 0 Å². The van der Waals surface area contributed by atoms with Crippen molar-refractivity contribution in [3.05, 3.63) is 71.8 Å². The second-order valence-corrected chi connectivity index (χ2v) is 7.36. The lowest BCUT2D eigenvalue weighted by atomic mass is 10.1. The lowest BCUT2D eigenvalue weighted by Gasteiger charge is -2.16. The van der Waals surface area contributed by atoms with Gasteiger partial charge >= 0.3 is 6.18 Å². The van der Waals surface area contributed by atoms with E-state index in [0.717, 1.165) is 30.2 Å². The Bertz CT molecular complexity index is 1000. The largest absolute Gasteiger partial charge is 0.435 e. The number of hydrogen-bond donors (Lipinski definition) is 1. The number of rotatable bonds is 6. The molecule has 2 heterocycles. The van der Waals surface area contributed by atoms with Crippen molar-refractivity contribution >= 4 is 5.91 Å². The predicted octanol–water partition coefficient (Wildman–Crippen LogP) is 4.45. The first-order valence-corrected chi connectivity index (χ1v) is 9.49. The molecule has 29 heavy (non-hydrogen) atoms. The van der Waals surface area contributed by atoms with Crippen molar-refractivity contribution in [1.82, 2.24) is 19.7 Å². The minimum absolute atomic E-state index is 0.0575. The van der Waals surface area contributed by atoms with Crippen LogP contribution in [0.5, 0.6) is 0 Å². The first-order valence-electron chi connectivity index (χ1n) is 9.49. The van der Waals surface area contributed by atoms with Crippen LogP contribution in [0.4, 0.5) is 13.2 Å². The van der Waals surface area contributed by atoms with E-state index in [1.807, 2.05) is 60.3 Å². The number of hydrogen-bond acceptors (Lipinski definition) is 2. The summed E-state index contributed by atoms with van der Waals surface area (Å²) in [5.41, 5.74) is 1.41. The molecule has 1 aliphatic rings. The van der Waals surface area contributed by atoms with Gasteiger partial charge in [-0.25, -0.2) is 0 Å². The highest BCUT2D eigenvalue weighted by Crippen LogP contribution is 2.42. The van der Waals surface area contributed by atoms with Gasteiger partial charge in [0.2, 0.25) is 5.91 Å². The molecule has 1 amide bonds. The molecule has 1 atom stereocenters. The van der Waals surface area contributed by atoms with E-state index in [0.29, 0.717) is 5.69 Å². The molecule has 1 fully saturated rings. The van der Waals surface area contributed by atoms with Crippen LogP contribution in [0.1, 0.15) is 48.7 Å². The maximum absolute atomic E-state index is 13.0. The van der Waals surface area contributed by atoms with Crippen LogP contribution in [0.2, 0.25) is 0 Å². The average Bonchev–Trinajstić information content (AvgIpc) is 3.18. The zero-order valence-electron chi connectivity index (χ0n) is 15.9. The monoisotopic (exact) mass is 402 g/mol. The molecule has 8 heteroatoms. The fourth-order valence-corrected chi connectivity index (χ4v) is 3.37. The van der Waals surface area contributed by atoms with Gasteiger partial charge in [0.25, 0.3) is 0 Å². The highest BCUT2D eigenvalue weighted by atomic mass is 19.4. The Morgan fingerprint density at radius 3 is 2.59 bits per heavy atom. The highest BCUT2D eigenvalue weighted by Gasteiger charge is 2.38. The molecule has 1 aliphatic carbocycles. The Labute approximate surface area is 166 Å². The normalized spacial score (nSPS) is 15.3. The maximum Gasteiger partial charge on any atom is 0.435 e. The van der Waals surface area contributed by atoms with E-state index in [9.17, 15) is 18.0 Å². The number of halogens is 3. The molecule has 0 spiro atoms. The fraction of sp³-hybridized carbons (Fsp3) is 0.333. The van der Waals surface area contributed by atoms with Gasteiger partial charge in [0, 0.05) is 29.7 Å². The van der Waals surface area contributed by atoms with Gasteiger partial charge in [0.1, 0.15) is 6.54 Å². The van der Waals surface area contributed by atoms with Crippen LogP contribution in [0.3, 0.4) is 0 Å². The van der Waals surface area contributed by atoms with E-state index < -0.39 is 11.9 Å². The number of carbonyl (C=O) groups excluding carboxylic acids is 1. The molecule has 1 saturated carbocycles. The van der Waals surface area contributed by atoms with Gasteiger partial charge in [-0.05, 0) is 55.7 Å². The van der Waals surface area contributed by atoms with Crippen LogP contribution in [0, 0.1) is 0 Å². The number of amides is 1. The Hall–Kier alpha value is -3.03. The summed E-state index contributed by atoms with van der Waals surface area (Å²) >= 11 is 0. The van der Waals surface area contributed by atoms with E-state index >= 15 is 0 Å². The Kier molecular flexibility index (Phi) is 4.94. The van der Waals surface area contributed by atoms with Crippen molar-refractivity contribution in [2.24, 2.45) is 0 Å². The summed E-state index contributed by atoms with van der Waals surface area (Å²) in [6.07, 6.45) is 0.993. The topological polar surface area (TPSA) is 51.9 Å². The Balaban J connectivity index is 1.46. The fourth-order valence-electron chi connectivity index (χ4n) is 3.37. The highest BCUT2D eigenvalue weighted by molar-refractivity contribution is 5.76. The molecule has 0 aliphatic heterocycles. The van der Waals surface area contributed by atoms with E-state index in [1.165, 1.54) is 4.68 Å². The molecule has 2 aromatic heterocycles. The molecular weight excluding hydrogens is 381 g/mol. The quantitative estimate of drug-likeness (QED) is 0.662. The van der Waals surface area contributed by atoms with Crippen molar-refractivity contribution in [2.75, 3.05) is 0 Å². The number of carbonyl (C=O) groups is 1. The summed E-state index contributed by atoms with van der Waals surface area (Å²) in [7, 11) is 0.